The Bertz CT molecular complexity index is 847. The highest BCUT2D eigenvalue weighted by Crippen LogP contribution is 2.24. The Morgan fingerprint density at radius 3 is 2.65 bits per heavy atom. The summed E-state index contributed by atoms with van der Waals surface area (Å²) < 4.78 is 39.6. The number of nitrogens with zero attached hydrogens (tertiary/aromatic N) is 2. The molecule has 0 amide bonds. The lowest BCUT2D eigenvalue weighted by Crippen LogP contribution is -1.97. The van der Waals surface area contributed by atoms with Crippen LogP contribution in [0.25, 0.3) is 11.3 Å². The molecule has 0 aliphatic carbocycles. The van der Waals surface area contributed by atoms with Gasteiger partial charge < -0.3 is 0 Å². The molecule has 116 valence electrons. The summed E-state index contributed by atoms with van der Waals surface area (Å²) in [7, 11) is 0. The fourth-order valence-corrected chi connectivity index (χ4v) is 2.56. The first-order valence-electron chi connectivity index (χ1n) is 6.58. The molecule has 3 nitrogen and oxygen atoms in total. The van der Waals surface area contributed by atoms with E-state index in [1.807, 2.05) is 35.7 Å². The van der Waals surface area contributed by atoms with Crippen molar-refractivity contribution in [3.05, 3.63) is 70.9 Å². The fraction of sp³-hybridized carbons (Fsp3) is 0. The molecule has 0 fully saturated rings. The lowest BCUT2D eigenvalue weighted by atomic mass is 10.2. The zero-order valence-electron chi connectivity index (χ0n) is 11.6. The van der Waals surface area contributed by atoms with E-state index >= 15 is 0 Å². The molecule has 0 aliphatic rings. The Labute approximate surface area is 134 Å². The van der Waals surface area contributed by atoms with Crippen molar-refractivity contribution in [2.75, 3.05) is 5.43 Å². The topological polar surface area (TPSA) is 37.3 Å². The van der Waals surface area contributed by atoms with Crippen LogP contribution in [0.4, 0.5) is 18.3 Å². The molecule has 0 saturated carbocycles. The summed E-state index contributed by atoms with van der Waals surface area (Å²) >= 11 is 1.31. The van der Waals surface area contributed by atoms with E-state index in [4.69, 9.17) is 0 Å². The highest BCUT2D eigenvalue weighted by atomic mass is 32.1. The lowest BCUT2D eigenvalue weighted by molar-refractivity contribution is 0.494. The van der Waals surface area contributed by atoms with E-state index in [1.165, 1.54) is 11.3 Å². The summed E-state index contributed by atoms with van der Waals surface area (Å²) in [6.07, 6.45) is 1.01. The number of hydrogen-bond acceptors (Lipinski definition) is 4. The Morgan fingerprint density at radius 2 is 1.87 bits per heavy atom. The van der Waals surface area contributed by atoms with Gasteiger partial charge in [-0.2, -0.15) is 5.10 Å². The van der Waals surface area contributed by atoms with E-state index < -0.39 is 17.5 Å². The van der Waals surface area contributed by atoms with E-state index in [0.717, 1.165) is 23.5 Å². The van der Waals surface area contributed by atoms with Crippen LogP contribution >= 0.6 is 11.3 Å². The smallest absolute Gasteiger partial charge is 0.203 e. The predicted octanol–water partition coefficient (Wildman–Crippen LogP) is 4.67. The standard InChI is InChI=1S/C16H10F3N3S/c17-12-6-11(15(19)13(18)7-12)8-20-22-16-21-14(9-23-16)10-4-2-1-3-5-10/h1-9H,(H,21,22). The normalized spacial score (nSPS) is 11.1. The number of anilines is 1. The summed E-state index contributed by atoms with van der Waals surface area (Å²) in [6, 6.07) is 10.9. The first kappa shape index (κ1) is 15.2. The second-order valence-electron chi connectivity index (χ2n) is 4.56. The fourth-order valence-electron chi connectivity index (χ4n) is 1.89. The third-order valence-corrected chi connectivity index (χ3v) is 3.71. The van der Waals surface area contributed by atoms with Crippen molar-refractivity contribution in [2.45, 2.75) is 0 Å². The minimum atomic E-state index is -1.26. The number of thiazole rings is 1. The van der Waals surface area contributed by atoms with E-state index in [2.05, 4.69) is 15.5 Å². The number of halogens is 3. The zero-order chi connectivity index (χ0) is 16.2. The third kappa shape index (κ3) is 3.57. The van der Waals surface area contributed by atoms with Crippen LogP contribution in [0.15, 0.2) is 52.9 Å². The first-order valence-corrected chi connectivity index (χ1v) is 7.46. The second-order valence-corrected chi connectivity index (χ2v) is 5.42. The molecular weight excluding hydrogens is 323 g/mol. The number of hydrazone groups is 1. The maximum Gasteiger partial charge on any atom is 0.203 e. The molecule has 0 atom stereocenters. The van der Waals surface area contributed by atoms with Gasteiger partial charge in [-0.3, -0.25) is 5.43 Å². The van der Waals surface area contributed by atoms with Gasteiger partial charge in [0, 0.05) is 22.6 Å². The molecule has 1 N–H and O–H groups in total. The number of rotatable bonds is 4. The number of nitrogens with one attached hydrogen (secondary N) is 1. The number of aromatic nitrogens is 1. The van der Waals surface area contributed by atoms with Crippen molar-refractivity contribution in [1.82, 2.24) is 4.98 Å². The van der Waals surface area contributed by atoms with E-state index in [9.17, 15) is 13.2 Å². The van der Waals surface area contributed by atoms with Gasteiger partial charge in [-0.25, -0.2) is 18.2 Å². The van der Waals surface area contributed by atoms with Crippen LogP contribution in [0, 0.1) is 17.5 Å². The molecule has 2 aromatic carbocycles. The third-order valence-electron chi connectivity index (χ3n) is 2.96. The summed E-state index contributed by atoms with van der Waals surface area (Å²) in [6.45, 7) is 0. The molecule has 0 saturated heterocycles. The minimum absolute atomic E-state index is 0.283. The molecule has 0 unspecified atom stereocenters. The zero-order valence-corrected chi connectivity index (χ0v) is 12.4. The van der Waals surface area contributed by atoms with Gasteiger partial charge in [0.15, 0.2) is 11.6 Å². The van der Waals surface area contributed by atoms with Crippen molar-refractivity contribution < 1.29 is 13.2 Å². The van der Waals surface area contributed by atoms with Crippen LogP contribution in [0.5, 0.6) is 0 Å². The molecule has 0 bridgehead atoms. The maximum absolute atomic E-state index is 13.5. The number of benzene rings is 2. The van der Waals surface area contributed by atoms with E-state index in [0.29, 0.717) is 11.2 Å². The molecule has 7 heteroatoms. The second kappa shape index (κ2) is 6.62. The van der Waals surface area contributed by atoms with Crippen LogP contribution in [-0.2, 0) is 0 Å². The lowest BCUT2D eigenvalue weighted by Gasteiger charge is -1.99. The Hall–Kier alpha value is -2.67. The largest absolute Gasteiger partial charge is 0.253 e. The average Bonchev–Trinajstić information content (AvgIpc) is 3.02. The summed E-state index contributed by atoms with van der Waals surface area (Å²) in [5.74, 6) is -3.28. The van der Waals surface area contributed by atoms with Crippen LogP contribution in [0.1, 0.15) is 5.56 Å². The van der Waals surface area contributed by atoms with Gasteiger partial charge >= 0.3 is 0 Å². The predicted molar refractivity (Wildman–Crippen MR) is 85.1 cm³/mol. The maximum atomic E-state index is 13.5. The highest BCUT2D eigenvalue weighted by molar-refractivity contribution is 7.14. The Kier molecular flexibility index (Phi) is 4.38. The summed E-state index contributed by atoms with van der Waals surface area (Å²) in [5, 5.41) is 6.09. The summed E-state index contributed by atoms with van der Waals surface area (Å²) in [4.78, 5) is 4.32. The SMILES string of the molecule is Fc1cc(F)c(F)c(C=NNc2nc(-c3ccccc3)cs2)c1. The van der Waals surface area contributed by atoms with E-state index in [-0.39, 0.29) is 5.56 Å². The van der Waals surface area contributed by atoms with Crippen molar-refractivity contribution in [2.24, 2.45) is 5.10 Å². The molecule has 0 aliphatic heterocycles. The van der Waals surface area contributed by atoms with Crippen LogP contribution in [0.2, 0.25) is 0 Å². The molecule has 3 aromatic rings. The molecule has 1 heterocycles. The van der Waals surface area contributed by atoms with Gasteiger partial charge in [-0.1, -0.05) is 30.3 Å². The average molecular weight is 333 g/mol. The minimum Gasteiger partial charge on any atom is -0.253 e. The molecule has 1 aromatic heterocycles. The molecule has 23 heavy (non-hydrogen) atoms. The highest BCUT2D eigenvalue weighted by Gasteiger charge is 2.09. The van der Waals surface area contributed by atoms with E-state index in [1.54, 1.807) is 0 Å². The van der Waals surface area contributed by atoms with Gasteiger partial charge in [0.1, 0.15) is 5.82 Å². The molecular formula is C16H10F3N3S. The van der Waals surface area contributed by atoms with Gasteiger partial charge in [0.25, 0.3) is 0 Å². The number of hydrogen-bond donors (Lipinski definition) is 1. The van der Waals surface area contributed by atoms with Crippen molar-refractivity contribution >= 4 is 22.7 Å². The molecule has 0 radical (unpaired) electrons. The Balaban J connectivity index is 1.73. The monoisotopic (exact) mass is 333 g/mol. The van der Waals surface area contributed by atoms with Gasteiger partial charge in [-0.05, 0) is 6.07 Å². The first-order chi connectivity index (χ1) is 11.1. The van der Waals surface area contributed by atoms with Crippen LogP contribution in [0.3, 0.4) is 0 Å². The van der Waals surface area contributed by atoms with Crippen LogP contribution < -0.4 is 5.43 Å². The van der Waals surface area contributed by atoms with Gasteiger partial charge in [0.05, 0.1) is 11.9 Å². The molecule has 3 rings (SSSR count). The quantitative estimate of drug-likeness (QED) is 0.428. The molecule has 0 spiro atoms. The van der Waals surface area contributed by atoms with Crippen molar-refractivity contribution in [3.8, 4) is 11.3 Å². The van der Waals surface area contributed by atoms with Gasteiger partial charge in [-0.15, -0.1) is 11.3 Å². The van der Waals surface area contributed by atoms with Gasteiger partial charge in [0.2, 0.25) is 5.13 Å². The van der Waals surface area contributed by atoms with Crippen molar-refractivity contribution in [1.29, 1.82) is 0 Å². The summed E-state index contributed by atoms with van der Waals surface area (Å²) in [5.41, 5.74) is 4.06. The van der Waals surface area contributed by atoms with Crippen LogP contribution in [-0.4, -0.2) is 11.2 Å². The van der Waals surface area contributed by atoms with Crippen molar-refractivity contribution in [3.63, 3.8) is 0 Å². The Morgan fingerprint density at radius 1 is 1.09 bits per heavy atom.